The molecule has 2 aromatic rings. The third-order valence-corrected chi connectivity index (χ3v) is 4.83. The van der Waals surface area contributed by atoms with Crippen molar-refractivity contribution >= 4 is 29.4 Å². The Morgan fingerprint density at radius 1 is 1.32 bits per heavy atom. The maximum atomic E-state index is 13.9. The van der Waals surface area contributed by atoms with E-state index in [0.29, 0.717) is 25.3 Å². The van der Waals surface area contributed by atoms with E-state index in [0.717, 1.165) is 6.07 Å². The lowest BCUT2D eigenvalue weighted by Gasteiger charge is -2.35. The number of carboxylic acid groups (broad SMARTS) is 1. The van der Waals surface area contributed by atoms with Crippen molar-refractivity contribution in [3.8, 4) is 5.88 Å². The Labute approximate surface area is 166 Å². The van der Waals surface area contributed by atoms with Gasteiger partial charge in [-0.2, -0.15) is 4.98 Å². The second-order valence-corrected chi connectivity index (χ2v) is 6.91. The Morgan fingerprint density at radius 3 is 2.75 bits per heavy atom. The Hall–Kier alpha value is -2.87. The highest BCUT2D eigenvalue weighted by molar-refractivity contribution is 6.34. The number of carbonyl (C=O) groups excluding carboxylic acids is 1. The molecule has 1 fully saturated rings. The van der Waals surface area contributed by atoms with Gasteiger partial charge in [0.25, 0.3) is 5.91 Å². The summed E-state index contributed by atoms with van der Waals surface area (Å²) >= 11 is 5.91. The van der Waals surface area contributed by atoms with Crippen LogP contribution in [0.25, 0.3) is 0 Å². The van der Waals surface area contributed by atoms with Gasteiger partial charge in [0, 0.05) is 31.5 Å². The van der Waals surface area contributed by atoms with E-state index in [1.165, 1.54) is 17.0 Å². The van der Waals surface area contributed by atoms with E-state index in [9.17, 15) is 14.0 Å². The van der Waals surface area contributed by atoms with Crippen LogP contribution in [0.1, 0.15) is 30.1 Å². The number of ether oxygens (including phenoxy) is 1. The van der Waals surface area contributed by atoms with E-state index >= 15 is 0 Å². The van der Waals surface area contributed by atoms with Crippen LogP contribution in [0, 0.1) is 5.82 Å². The zero-order valence-corrected chi connectivity index (χ0v) is 15.8. The molecule has 1 aliphatic heterocycles. The summed E-state index contributed by atoms with van der Waals surface area (Å²) < 4.78 is 19.7. The van der Waals surface area contributed by atoms with Gasteiger partial charge in [-0.05, 0) is 25.1 Å². The maximum Gasteiger partial charge on any atom is 0.407 e. The van der Waals surface area contributed by atoms with Crippen LogP contribution in [0.2, 0.25) is 5.02 Å². The van der Waals surface area contributed by atoms with Gasteiger partial charge in [0.05, 0.1) is 10.6 Å². The van der Waals surface area contributed by atoms with Crippen LogP contribution in [0.15, 0.2) is 36.4 Å². The monoisotopic (exact) mass is 407 g/mol. The van der Waals surface area contributed by atoms with Crippen LogP contribution >= 0.6 is 11.6 Å². The molecular weight excluding hydrogens is 389 g/mol. The van der Waals surface area contributed by atoms with Crippen molar-refractivity contribution in [2.24, 2.45) is 0 Å². The summed E-state index contributed by atoms with van der Waals surface area (Å²) in [6.45, 7) is 2.20. The Balaban J connectivity index is 1.66. The highest BCUT2D eigenvalue weighted by Gasteiger charge is 2.29. The molecule has 0 aliphatic carbocycles. The van der Waals surface area contributed by atoms with Gasteiger partial charge in [0.2, 0.25) is 5.88 Å². The Morgan fingerprint density at radius 2 is 2.07 bits per heavy atom. The lowest BCUT2D eigenvalue weighted by atomic mass is 10.0. The van der Waals surface area contributed by atoms with Gasteiger partial charge in [-0.15, -0.1) is 0 Å². The Kier molecular flexibility index (Phi) is 5.99. The fraction of sp³-hybridized carbons (Fsp3) is 0.316. The lowest BCUT2D eigenvalue weighted by molar-refractivity contribution is 0.0585. The number of benzene rings is 1. The number of pyridine rings is 1. The van der Waals surface area contributed by atoms with E-state index in [1.54, 1.807) is 18.2 Å². The van der Waals surface area contributed by atoms with Crippen LogP contribution in [0.3, 0.4) is 0 Å². The highest BCUT2D eigenvalue weighted by Crippen LogP contribution is 2.24. The second-order valence-electron chi connectivity index (χ2n) is 6.50. The molecular formula is C19H19ClFN3O4. The van der Waals surface area contributed by atoms with Crippen LogP contribution in [0.4, 0.5) is 15.0 Å². The van der Waals surface area contributed by atoms with E-state index in [-0.39, 0.29) is 28.5 Å². The molecule has 2 atom stereocenters. The number of aromatic nitrogens is 1. The average Bonchev–Trinajstić information content (AvgIpc) is 2.61. The van der Waals surface area contributed by atoms with Gasteiger partial charge in [0.15, 0.2) is 0 Å². The molecule has 1 aromatic heterocycles. The van der Waals surface area contributed by atoms with E-state index in [2.05, 4.69) is 10.3 Å². The first-order chi connectivity index (χ1) is 13.3. The zero-order chi connectivity index (χ0) is 20.3. The number of rotatable bonds is 4. The molecule has 2 amide bonds. The van der Waals surface area contributed by atoms with Gasteiger partial charge < -0.3 is 20.1 Å². The molecule has 3 rings (SSSR count). The van der Waals surface area contributed by atoms with Crippen LogP contribution in [0.5, 0.6) is 5.88 Å². The first kappa shape index (κ1) is 19.9. The van der Waals surface area contributed by atoms with E-state index < -0.39 is 17.8 Å². The molecule has 9 heteroatoms. The Bertz CT molecular complexity index is 875. The quantitative estimate of drug-likeness (QED) is 0.798. The van der Waals surface area contributed by atoms with Crippen molar-refractivity contribution in [2.75, 3.05) is 11.9 Å². The first-order valence-corrected chi connectivity index (χ1v) is 9.11. The smallest absolute Gasteiger partial charge is 0.407 e. The van der Waals surface area contributed by atoms with E-state index in [1.807, 2.05) is 6.92 Å². The zero-order valence-electron chi connectivity index (χ0n) is 15.1. The molecule has 0 radical (unpaired) electrons. The number of hydrogen-bond acceptors (Lipinski definition) is 4. The molecule has 0 saturated carbocycles. The molecule has 1 aromatic carbocycles. The topological polar surface area (TPSA) is 91.8 Å². The van der Waals surface area contributed by atoms with Crippen molar-refractivity contribution in [3.05, 3.63) is 52.8 Å². The number of likely N-dealkylation sites (tertiary alicyclic amines) is 1. The fourth-order valence-electron chi connectivity index (χ4n) is 3.13. The molecule has 2 unspecified atom stereocenters. The molecule has 148 valence electrons. The van der Waals surface area contributed by atoms with Gasteiger partial charge in [-0.1, -0.05) is 23.7 Å². The maximum absolute atomic E-state index is 13.9. The largest absolute Gasteiger partial charge is 0.474 e. The molecule has 0 bridgehead atoms. The number of anilines is 1. The number of halogens is 2. The van der Waals surface area contributed by atoms with Crippen LogP contribution in [-0.4, -0.2) is 45.7 Å². The fourth-order valence-corrected chi connectivity index (χ4v) is 3.38. The molecule has 1 aliphatic rings. The molecule has 2 N–H and O–H groups in total. The summed E-state index contributed by atoms with van der Waals surface area (Å²) in [5.74, 6) is -0.955. The number of carbonyl (C=O) groups is 2. The number of nitrogens with zero attached hydrogens (tertiary/aromatic N) is 2. The van der Waals surface area contributed by atoms with Gasteiger partial charge in [-0.3, -0.25) is 4.79 Å². The van der Waals surface area contributed by atoms with Crippen molar-refractivity contribution in [3.63, 3.8) is 0 Å². The normalized spacial score (nSPS) is 19.2. The summed E-state index contributed by atoms with van der Waals surface area (Å²) in [5, 5.41) is 11.6. The molecule has 28 heavy (non-hydrogen) atoms. The molecule has 7 nitrogen and oxygen atoms in total. The number of amides is 2. The van der Waals surface area contributed by atoms with Crippen LogP contribution in [-0.2, 0) is 0 Å². The van der Waals surface area contributed by atoms with Crippen molar-refractivity contribution in [1.82, 2.24) is 9.88 Å². The van der Waals surface area contributed by atoms with Crippen LogP contribution < -0.4 is 10.1 Å². The lowest BCUT2D eigenvalue weighted by Crippen LogP contribution is -2.46. The van der Waals surface area contributed by atoms with Gasteiger partial charge >= 0.3 is 6.09 Å². The average molecular weight is 408 g/mol. The predicted octanol–water partition coefficient (Wildman–Crippen LogP) is 4.04. The second kappa shape index (κ2) is 8.43. The first-order valence-electron chi connectivity index (χ1n) is 8.74. The summed E-state index contributed by atoms with van der Waals surface area (Å²) in [7, 11) is 0. The van der Waals surface area contributed by atoms with Gasteiger partial charge in [-0.25, -0.2) is 9.18 Å². The number of piperidine rings is 1. The summed E-state index contributed by atoms with van der Waals surface area (Å²) in [5.41, 5.74) is -0.257. The molecule has 0 spiro atoms. The molecule has 1 saturated heterocycles. The van der Waals surface area contributed by atoms with Crippen molar-refractivity contribution in [2.45, 2.75) is 31.9 Å². The highest BCUT2D eigenvalue weighted by atomic mass is 35.5. The predicted molar refractivity (Wildman–Crippen MR) is 101 cm³/mol. The minimum atomic E-state index is -0.944. The minimum absolute atomic E-state index is 0.00378. The summed E-state index contributed by atoms with van der Waals surface area (Å²) in [6, 6.07) is 8.67. The summed E-state index contributed by atoms with van der Waals surface area (Å²) in [4.78, 5) is 29.1. The van der Waals surface area contributed by atoms with Crippen molar-refractivity contribution < 1.29 is 23.8 Å². The number of hydrogen-bond donors (Lipinski definition) is 2. The van der Waals surface area contributed by atoms with Crippen molar-refractivity contribution in [1.29, 1.82) is 0 Å². The SMILES string of the molecule is CC1CC(Oc2cccc(NC(=O)c3c(F)cccc3Cl)n2)CCN1C(=O)O. The third-order valence-electron chi connectivity index (χ3n) is 4.52. The minimum Gasteiger partial charge on any atom is -0.474 e. The standard InChI is InChI=1S/C19H19ClFN3O4/c1-11-10-12(8-9-24(11)19(26)27)28-16-7-3-6-15(22-16)23-18(25)17-13(20)4-2-5-14(17)21/h2-7,11-12H,8-10H2,1H3,(H,26,27)(H,22,23,25). The third kappa shape index (κ3) is 4.51. The summed E-state index contributed by atoms with van der Waals surface area (Å²) in [6.07, 6.45) is -0.0551. The molecule has 2 heterocycles. The van der Waals surface area contributed by atoms with Gasteiger partial charge in [0.1, 0.15) is 17.7 Å². The number of nitrogens with one attached hydrogen (secondary N) is 1. The van der Waals surface area contributed by atoms with E-state index in [4.69, 9.17) is 21.4 Å².